The quantitative estimate of drug-likeness (QED) is 0.458. The minimum atomic E-state index is -0.471. The zero-order valence-corrected chi connectivity index (χ0v) is 15.8. The van der Waals surface area contributed by atoms with Crippen molar-refractivity contribution in [1.29, 1.82) is 0 Å². The summed E-state index contributed by atoms with van der Waals surface area (Å²) >= 11 is 1.43. The second-order valence-corrected chi connectivity index (χ2v) is 6.89. The molecule has 0 saturated carbocycles. The lowest BCUT2D eigenvalue weighted by Gasteiger charge is -2.08. The van der Waals surface area contributed by atoms with Gasteiger partial charge >= 0.3 is 6.03 Å². The van der Waals surface area contributed by atoms with Crippen LogP contribution in [0.5, 0.6) is 0 Å². The van der Waals surface area contributed by atoms with Gasteiger partial charge in [-0.1, -0.05) is 18.2 Å². The van der Waals surface area contributed by atoms with Crippen LogP contribution in [0.2, 0.25) is 0 Å². The Labute approximate surface area is 169 Å². The van der Waals surface area contributed by atoms with Crippen molar-refractivity contribution in [3.05, 3.63) is 72.3 Å². The average Bonchev–Trinajstić information content (AvgIpc) is 3.18. The molecule has 0 radical (unpaired) electrons. The first-order valence-electron chi connectivity index (χ1n) is 8.54. The van der Waals surface area contributed by atoms with Gasteiger partial charge in [0, 0.05) is 28.5 Å². The van der Waals surface area contributed by atoms with Crippen molar-refractivity contribution < 1.29 is 9.18 Å². The van der Waals surface area contributed by atoms with Crippen molar-refractivity contribution >= 4 is 34.6 Å². The Morgan fingerprint density at radius 2 is 1.83 bits per heavy atom. The van der Waals surface area contributed by atoms with Crippen molar-refractivity contribution in [3.63, 3.8) is 0 Å². The van der Waals surface area contributed by atoms with E-state index in [2.05, 4.69) is 25.6 Å². The van der Waals surface area contributed by atoms with Crippen LogP contribution in [0.3, 0.4) is 0 Å². The summed E-state index contributed by atoms with van der Waals surface area (Å²) in [5.74, 6) is -0.0566. The Balaban J connectivity index is 1.50. The van der Waals surface area contributed by atoms with Crippen LogP contribution in [0.15, 0.2) is 66.4 Å². The van der Waals surface area contributed by atoms with Gasteiger partial charge in [0.15, 0.2) is 0 Å². The molecular weight excluding hydrogens is 391 g/mol. The van der Waals surface area contributed by atoms with Gasteiger partial charge in [-0.2, -0.15) is 0 Å². The number of nitrogens with zero attached hydrogens (tertiary/aromatic N) is 3. The third kappa shape index (κ3) is 4.36. The van der Waals surface area contributed by atoms with E-state index in [4.69, 9.17) is 5.73 Å². The average molecular weight is 406 g/mol. The summed E-state index contributed by atoms with van der Waals surface area (Å²) in [6, 6.07) is 12.5. The van der Waals surface area contributed by atoms with E-state index in [0.717, 1.165) is 11.3 Å². The molecule has 0 aliphatic heterocycles. The highest BCUT2D eigenvalue weighted by atomic mass is 32.1. The molecule has 0 bridgehead atoms. The monoisotopic (exact) mass is 406 g/mol. The number of nitrogens with one attached hydrogen (secondary N) is 2. The van der Waals surface area contributed by atoms with Crippen molar-refractivity contribution in [1.82, 2.24) is 15.0 Å². The Bertz CT molecular complexity index is 1180. The zero-order valence-electron chi connectivity index (χ0n) is 15.0. The number of amides is 2. The van der Waals surface area contributed by atoms with Crippen molar-refractivity contribution in [2.75, 3.05) is 16.4 Å². The van der Waals surface area contributed by atoms with Gasteiger partial charge in [-0.05, 0) is 30.3 Å². The summed E-state index contributed by atoms with van der Waals surface area (Å²) < 4.78 is 13.2. The molecule has 0 saturated heterocycles. The molecule has 9 heteroatoms. The van der Waals surface area contributed by atoms with Gasteiger partial charge in [-0.3, -0.25) is 0 Å². The van der Waals surface area contributed by atoms with Gasteiger partial charge in [0.1, 0.15) is 23.0 Å². The van der Waals surface area contributed by atoms with E-state index in [1.165, 1.54) is 35.9 Å². The molecule has 29 heavy (non-hydrogen) atoms. The molecule has 0 aliphatic carbocycles. The van der Waals surface area contributed by atoms with Gasteiger partial charge in [0.05, 0.1) is 11.3 Å². The summed E-state index contributed by atoms with van der Waals surface area (Å²) in [6.07, 6.45) is 3.01. The van der Waals surface area contributed by atoms with Crippen LogP contribution in [-0.4, -0.2) is 21.0 Å². The topological polar surface area (TPSA) is 106 Å². The molecule has 4 N–H and O–H groups in total. The largest absolute Gasteiger partial charge is 0.383 e. The first-order chi connectivity index (χ1) is 14.1. The fraction of sp³-hybridized carbons (Fsp3) is 0. The Kier molecular flexibility index (Phi) is 5.12. The molecule has 2 aromatic heterocycles. The van der Waals surface area contributed by atoms with E-state index in [9.17, 15) is 9.18 Å². The highest BCUT2D eigenvalue weighted by Crippen LogP contribution is 2.31. The van der Waals surface area contributed by atoms with Crippen LogP contribution >= 0.6 is 11.3 Å². The third-order valence-electron chi connectivity index (χ3n) is 3.98. The number of carbonyl (C=O) groups is 1. The molecule has 144 valence electrons. The second kappa shape index (κ2) is 8.03. The fourth-order valence-corrected chi connectivity index (χ4v) is 3.50. The summed E-state index contributed by atoms with van der Waals surface area (Å²) in [7, 11) is 0. The van der Waals surface area contributed by atoms with Gasteiger partial charge in [-0.15, -0.1) is 11.3 Å². The van der Waals surface area contributed by atoms with E-state index in [1.54, 1.807) is 24.4 Å². The predicted octanol–water partition coefficient (Wildman–Crippen LogP) is 4.63. The van der Waals surface area contributed by atoms with Crippen LogP contribution in [0, 0.1) is 5.82 Å². The minimum absolute atomic E-state index is 0.366. The Morgan fingerprint density at radius 3 is 2.59 bits per heavy atom. The van der Waals surface area contributed by atoms with Crippen LogP contribution in [0.1, 0.15) is 0 Å². The molecule has 2 amide bonds. The predicted molar refractivity (Wildman–Crippen MR) is 112 cm³/mol. The number of nitrogen functional groups attached to an aromatic ring is 1. The molecule has 0 atom stereocenters. The number of nitrogens with two attached hydrogens (primary N) is 1. The Morgan fingerprint density at radius 1 is 1.07 bits per heavy atom. The number of thiazole rings is 1. The maximum absolute atomic E-state index is 13.2. The fourth-order valence-electron chi connectivity index (χ4n) is 2.65. The SMILES string of the molecule is Nc1ncncc1-c1nc(-c2cccc(NC(=O)Nc3cccc(F)c3)c2)cs1. The summed E-state index contributed by atoms with van der Waals surface area (Å²) in [5, 5.41) is 7.93. The molecule has 2 aromatic carbocycles. The van der Waals surface area contributed by atoms with Gasteiger partial charge in [0.2, 0.25) is 0 Å². The standard InChI is InChI=1S/C20H15FN6OS/c21-13-4-2-6-15(8-13)26-20(28)25-14-5-1-3-12(7-14)17-10-29-19(27-17)16-9-23-11-24-18(16)22/h1-11H,(H2,22,23,24)(H2,25,26,28). The molecule has 0 aliphatic rings. The number of halogens is 1. The number of anilines is 3. The smallest absolute Gasteiger partial charge is 0.323 e. The maximum atomic E-state index is 13.2. The molecule has 4 rings (SSSR count). The summed E-state index contributed by atoms with van der Waals surface area (Å²) in [5.41, 5.74) is 9.07. The van der Waals surface area contributed by atoms with Gasteiger partial charge in [0.25, 0.3) is 0 Å². The first kappa shape index (κ1) is 18.5. The molecule has 0 fully saturated rings. The number of carbonyl (C=O) groups excluding carboxylic acids is 1. The van der Waals surface area contributed by atoms with Gasteiger partial charge in [-0.25, -0.2) is 24.1 Å². The van der Waals surface area contributed by atoms with E-state index in [0.29, 0.717) is 27.8 Å². The molecule has 4 aromatic rings. The lowest BCUT2D eigenvalue weighted by molar-refractivity contribution is 0.262. The van der Waals surface area contributed by atoms with Crippen molar-refractivity contribution in [3.8, 4) is 21.8 Å². The van der Waals surface area contributed by atoms with E-state index in [-0.39, 0.29) is 0 Å². The normalized spacial score (nSPS) is 10.5. The zero-order chi connectivity index (χ0) is 20.2. The van der Waals surface area contributed by atoms with E-state index >= 15 is 0 Å². The number of hydrogen-bond donors (Lipinski definition) is 3. The first-order valence-corrected chi connectivity index (χ1v) is 9.42. The number of rotatable bonds is 4. The summed E-state index contributed by atoms with van der Waals surface area (Å²) in [4.78, 5) is 24.7. The molecular formula is C20H15FN6OS. The number of hydrogen-bond acceptors (Lipinski definition) is 6. The molecule has 0 spiro atoms. The van der Waals surface area contributed by atoms with Crippen molar-refractivity contribution in [2.24, 2.45) is 0 Å². The van der Waals surface area contributed by atoms with Crippen LogP contribution < -0.4 is 16.4 Å². The molecule has 7 nitrogen and oxygen atoms in total. The van der Waals surface area contributed by atoms with E-state index < -0.39 is 11.8 Å². The number of urea groups is 1. The molecule has 2 heterocycles. The van der Waals surface area contributed by atoms with Gasteiger partial charge < -0.3 is 16.4 Å². The van der Waals surface area contributed by atoms with Crippen molar-refractivity contribution in [2.45, 2.75) is 0 Å². The van der Waals surface area contributed by atoms with E-state index in [1.807, 2.05) is 17.5 Å². The molecule has 0 unspecified atom stereocenters. The van der Waals surface area contributed by atoms with Crippen LogP contribution in [0.25, 0.3) is 21.8 Å². The number of benzene rings is 2. The maximum Gasteiger partial charge on any atom is 0.323 e. The number of aromatic nitrogens is 3. The highest BCUT2D eigenvalue weighted by Gasteiger charge is 2.11. The third-order valence-corrected chi connectivity index (χ3v) is 4.85. The van der Waals surface area contributed by atoms with Crippen LogP contribution in [-0.2, 0) is 0 Å². The minimum Gasteiger partial charge on any atom is -0.383 e. The lowest BCUT2D eigenvalue weighted by atomic mass is 10.1. The lowest BCUT2D eigenvalue weighted by Crippen LogP contribution is -2.19. The second-order valence-electron chi connectivity index (χ2n) is 6.03. The van der Waals surface area contributed by atoms with Crippen LogP contribution in [0.4, 0.5) is 26.4 Å². The Hall–Kier alpha value is -3.85. The summed E-state index contributed by atoms with van der Waals surface area (Å²) in [6.45, 7) is 0. The highest BCUT2D eigenvalue weighted by molar-refractivity contribution is 7.13.